The van der Waals surface area contributed by atoms with Gasteiger partial charge in [-0.05, 0) is 23.6 Å². The summed E-state index contributed by atoms with van der Waals surface area (Å²) in [6, 6.07) is 9.67. The van der Waals surface area contributed by atoms with E-state index in [9.17, 15) is 10.1 Å². The molecule has 5 nitrogen and oxygen atoms in total. The molecule has 1 aliphatic heterocycles. The Morgan fingerprint density at radius 1 is 1.27 bits per heavy atom. The molecular formula is C16H16N4OS. The molecule has 2 aromatic heterocycles. The number of thiophene rings is 1. The first kappa shape index (κ1) is 14.7. The number of amides is 1. The van der Waals surface area contributed by atoms with Crippen LogP contribution in [0, 0.1) is 11.3 Å². The molecule has 1 aliphatic rings. The first-order chi connectivity index (χ1) is 10.8. The van der Waals surface area contributed by atoms with Gasteiger partial charge < -0.3 is 4.90 Å². The summed E-state index contributed by atoms with van der Waals surface area (Å²) >= 11 is 1.60. The van der Waals surface area contributed by atoms with Gasteiger partial charge in [0.25, 0.3) is 5.91 Å². The van der Waals surface area contributed by atoms with Gasteiger partial charge in [-0.15, -0.1) is 11.3 Å². The number of nitrogens with zero attached hydrogens (tertiary/aromatic N) is 4. The molecule has 0 saturated carbocycles. The second kappa shape index (κ2) is 6.69. The van der Waals surface area contributed by atoms with Crippen LogP contribution in [0.3, 0.4) is 0 Å². The standard InChI is InChI=1S/C16H16N4OS/c17-11-14(15-4-2-10-22-15)19-6-8-20(9-7-19)16(21)13-3-1-5-18-12-13/h1-5,10,12,14H,6-9H2. The summed E-state index contributed by atoms with van der Waals surface area (Å²) in [5, 5.41) is 11.4. The summed E-state index contributed by atoms with van der Waals surface area (Å²) in [4.78, 5) is 21.4. The predicted octanol–water partition coefficient (Wildman–Crippen LogP) is 2.17. The number of piperazine rings is 1. The molecule has 0 aromatic carbocycles. The minimum atomic E-state index is -0.212. The molecule has 0 N–H and O–H groups in total. The molecule has 0 radical (unpaired) electrons. The van der Waals surface area contributed by atoms with E-state index < -0.39 is 0 Å². The lowest BCUT2D eigenvalue weighted by Crippen LogP contribution is -2.49. The molecular weight excluding hydrogens is 296 g/mol. The molecule has 3 heterocycles. The number of rotatable bonds is 3. The Balaban J connectivity index is 1.63. The number of carbonyl (C=O) groups excluding carboxylic acids is 1. The third-order valence-electron chi connectivity index (χ3n) is 3.81. The average Bonchev–Trinajstić information content (AvgIpc) is 3.11. The zero-order valence-electron chi connectivity index (χ0n) is 12.1. The van der Waals surface area contributed by atoms with E-state index in [1.807, 2.05) is 22.4 Å². The highest BCUT2D eigenvalue weighted by atomic mass is 32.1. The Hall–Kier alpha value is -2.23. The number of aromatic nitrogens is 1. The molecule has 112 valence electrons. The van der Waals surface area contributed by atoms with Crippen molar-refractivity contribution < 1.29 is 4.79 Å². The van der Waals surface area contributed by atoms with Crippen LogP contribution in [0.15, 0.2) is 42.0 Å². The summed E-state index contributed by atoms with van der Waals surface area (Å²) in [5.74, 6) is 0.0115. The molecule has 6 heteroatoms. The van der Waals surface area contributed by atoms with Crippen LogP contribution >= 0.6 is 11.3 Å². The van der Waals surface area contributed by atoms with Gasteiger partial charge in [-0.3, -0.25) is 14.7 Å². The molecule has 1 unspecified atom stereocenters. The molecule has 1 atom stereocenters. The van der Waals surface area contributed by atoms with Crippen molar-refractivity contribution in [2.24, 2.45) is 0 Å². The molecule has 0 bridgehead atoms. The maximum absolute atomic E-state index is 12.4. The van der Waals surface area contributed by atoms with Crippen LogP contribution in [0.5, 0.6) is 0 Å². The molecule has 1 fully saturated rings. The molecule has 1 saturated heterocycles. The molecule has 22 heavy (non-hydrogen) atoms. The summed E-state index contributed by atoms with van der Waals surface area (Å²) in [7, 11) is 0. The van der Waals surface area contributed by atoms with Gasteiger partial charge in [0.1, 0.15) is 6.04 Å². The second-order valence-electron chi connectivity index (χ2n) is 5.12. The van der Waals surface area contributed by atoms with E-state index in [-0.39, 0.29) is 11.9 Å². The summed E-state index contributed by atoms with van der Waals surface area (Å²) in [6.45, 7) is 2.69. The number of nitriles is 1. The number of hydrogen-bond donors (Lipinski definition) is 0. The highest BCUT2D eigenvalue weighted by Crippen LogP contribution is 2.25. The van der Waals surface area contributed by atoms with E-state index in [0.29, 0.717) is 31.7 Å². The first-order valence-corrected chi connectivity index (χ1v) is 8.04. The quantitative estimate of drug-likeness (QED) is 0.871. The van der Waals surface area contributed by atoms with Crippen molar-refractivity contribution in [1.29, 1.82) is 5.26 Å². The predicted molar refractivity (Wildman–Crippen MR) is 84.4 cm³/mol. The van der Waals surface area contributed by atoms with Crippen LogP contribution in [-0.4, -0.2) is 46.9 Å². The molecule has 3 rings (SSSR count). The third-order valence-corrected chi connectivity index (χ3v) is 4.73. The van der Waals surface area contributed by atoms with E-state index in [1.54, 1.807) is 35.9 Å². The van der Waals surface area contributed by atoms with Crippen molar-refractivity contribution in [2.75, 3.05) is 26.2 Å². The highest BCUT2D eigenvalue weighted by Gasteiger charge is 2.27. The van der Waals surface area contributed by atoms with Crippen LogP contribution in [-0.2, 0) is 0 Å². The zero-order chi connectivity index (χ0) is 15.4. The van der Waals surface area contributed by atoms with Crippen molar-refractivity contribution in [3.8, 4) is 6.07 Å². The maximum Gasteiger partial charge on any atom is 0.255 e. The number of hydrogen-bond acceptors (Lipinski definition) is 5. The molecule has 0 aliphatic carbocycles. The van der Waals surface area contributed by atoms with Gasteiger partial charge in [0, 0.05) is 43.4 Å². The fourth-order valence-electron chi connectivity index (χ4n) is 2.63. The van der Waals surface area contributed by atoms with Gasteiger partial charge >= 0.3 is 0 Å². The van der Waals surface area contributed by atoms with Crippen molar-refractivity contribution in [3.63, 3.8) is 0 Å². The van der Waals surface area contributed by atoms with E-state index in [2.05, 4.69) is 16.0 Å². The fourth-order valence-corrected chi connectivity index (χ4v) is 3.43. The van der Waals surface area contributed by atoms with Crippen molar-refractivity contribution in [3.05, 3.63) is 52.5 Å². The normalized spacial score (nSPS) is 17.0. The lowest BCUT2D eigenvalue weighted by molar-refractivity contribution is 0.0607. The van der Waals surface area contributed by atoms with Gasteiger partial charge in [-0.25, -0.2) is 0 Å². The Bertz CT molecular complexity index is 657. The summed E-state index contributed by atoms with van der Waals surface area (Å²) in [6.07, 6.45) is 3.26. The van der Waals surface area contributed by atoms with Crippen LogP contribution < -0.4 is 0 Å². The Morgan fingerprint density at radius 2 is 2.09 bits per heavy atom. The minimum Gasteiger partial charge on any atom is -0.336 e. The lowest BCUT2D eigenvalue weighted by atomic mass is 10.1. The zero-order valence-corrected chi connectivity index (χ0v) is 12.9. The van der Waals surface area contributed by atoms with Gasteiger partial charge in [0.05, 0.1) is 11.6 Å². The number of carbonyl (C=O) groups is 1. The van der Waals surface area contributed by atoms with Crippen LogP contribution in [0.2, 0.25) is 0 Å². The van der Waals surface area contributed by atoms with E-state index in [1.165, 1.54) is 0 Å². The topological polar surface area (TPSA) is 60.2 Å². The molecule has 0 spiro atoms. The largest absolute Gasteiger partial charge is 0.336 e. The van der Waals surface area contributed by atoms with E-state index >= 15 is 0 Å². The fraction of sp³-hybridized carbons (Fsp3) is 0.312. The van der Waals surface area contributed by atoms with E-state index in [4.69, 9.17) is 0 Å². The monoisotopic (exact) mass is 312 g/mol. The van der Waals surface area contributed by atoms with Gasteiger partial charge in [-0.2, -0.15) is 5.26 Å². The third kappa shape index (κ3) is 3.01. The SMILES string of the molecule is N#CC(c1cccs1)N1CCN(C(=O)c2cccnc2)CC1. The average molecular weight is 312 g/mol. The Labute approximate surface area is 133 Å². The molecule has 2 aromatic rings. The Morgan fingerprint density at radius 3 is 2.68 bits per heavy atom. The first-order valence-electron chi connectivity index (χ1n) is 7.16. The van der Waals surface area contributed by atoms with E-state index in [0.717, 1.165) is 4.88 Å². The van der Waals surface area contributed by atoms with Crippen LogP contribution in [0.4, 0.5) is 0 Å². The van der Waals surface area contributed by atoms with Gasteiger partial charge in [0.2, 0.25) is 0 Å². The second-order valence-corrected chi connectivity index (χ2v) is 6.10. The highest BCUT2D eigenvalue weighted by molar-refractivity contribution is 7.10. The maximum atomic E-state index is 12.4. The van der Waals surface area contributed by atoms with Crippen molar-refractivity contribution in [2.45, 2.75) is 6.04 Å². The van der Waals surface area contributed by atoms with Crippen molar-refractivity contribution in [1.82, 2.24) is 14.8 Å². The minimum absolute atomic E-state index is 0.0115. The van der Waals surface area contributed by atoms with Crippen LogP contribution in [0.25, 0.3) is 0 Å². The van der Waals surface area contributed by atoms with Crippen LogP contribution in [0.1, 0.15) is 21.3 Å². The van der Waals surface area contributed by atoms with Gasteiger partial charge in [-0.1, -0.05) is 6.07 Å². The number of pyridine rings is 1. The lowest BCUT2D eigenvalue weighted by Gasteiger charge is -2.36. The van der Waals surface area contributed by atoms with Crippen molar-refractivity contribution >= 4 is 17.2 Å². The molecule has 1 amide bonds. The smallest absolute Gasteiger partial charge is 0.255 e. The van der Waals surface area contributed by atoms with Gasteiger partial charge in [0.15, 0.2) is 0 Å². The summed E-state index contributed by atoms with van der Waals surface area (Å²) < 4.78 is 0. The Kier molecular flexibility index (Phi) is 4.47. The summed E-state index contributed by atoms with van der Waals surface area (Å²) in [5.41, 5.74) is 0.617.